The van der Waals surface area contributed by atoms with Crippen molar-refractivity contribution < 1.29 is 14.7 Å². The average Bonchev–Trinajstić information content (AvgIpc) is 3.20. The predicted octanol–water partition coefficient (Wildman–Crippen LogP) is 3.68. The molecule has 0 bridgehead atoms. The number of aromatic nitrogens is 1. The predicted molar refractivity (Wildman–Crippen MR) is 103 cm³/mol. The zero-order valence-corrected chi connectivity index (χ0v) is 15.4. The summed E-state index contributed by atoms with van der Waals surface area (Å²) in [6, 6.07) is 10.4. The van der Waals surface area contributed by atoms with Crippen molar-refractivity contribution in [1.29, 1.82) is 0 Å². The third kappa shape index (κ3) is 3.25. The molecular weight excluding hydrogens is 366 g/mol. The molecule has 1 aliphatic carbocycles. The fraction of sp³-hybridized carbons (Fsp3) is 0.350. The highest BCUT2D eigenvalue weighted by molar-refractivity contribution is 6.30. The van der Waals surface area contributed by atoms with Crippen LogP contribution in [0.4, 0.5) is 11.5 Å². The lowest BCUT2D eigenvalue weighted by atomic mass is 9.81. The molecule has 0 spiro atoms. The van der Waals surface area contributed by atoms with Gasteiger partial charge in [0, 0.05) is 30.0 Å². The van der Waals surface area contributed by atoms with E-state index in [0.29, 0.717) is 35.2 Å². The van der Waals surface area contributed by atoms with Gasteiger partial charge in [-0.3, -0.25) is 9.59 Å². The van der Waals surface area contributed by atoms with Crippen LogP contribution in [0.15, 0.2) is 42.6 Å². The second-order valence-corrected chi connectivity index (χ2v) is 7.74. The third-order valence-corrected chi connectivity index (χ3v) is 5.95. The van der Waals surface area contributed by atoms with Crippen LogP contribution in [0.2, 0.25) is 5.02 Å². The smallest absolute Gasteiger partial charge is 0.311 e. The van der Waals surface area contributed by atoms with E-state index in [1.165, 1.54) is 6.20 Å². The number of aliphatic carboxylic acids is 1. The summed E-state index contributed by atoms with van der Waals surface area (Å²) in [6.45, 7) is 1.18. The van der Waals surface area contributed by atoms with Crippen molar-refractivity contribution >= 4 is 35.0 Å². The van der Waals surface area contributed by atoms with E-state index in [4.69, 9.17) is 11.6 Å². The normalized spacial score (nSPS) is 23.9. The van der Waals surface area contributed by atoms with Crippen LogP contribution in [0.25, 0.3) is 0 Å². The van der Waals surface area contributed by atoms with E-state index in [2.05, 4.69) is 10.3 Å². The van der Waals surface area contributed by atoms with Gasteiger partial charge < -0.3 is 15.3 Å². The van der Waals surface area contributed by atoms with Crippen molar-refractivity contribution in [2.24, 2.45) is 11.3 Å². The summed E-state index contributed by atoms with van der Waals surface area (Å²) >= 11 is 5.93. The minimum absolute atomic E-state index is 0.169. The van der Waals surface area contributed by atoms with Gasteiger partial charge in [0.25, 0.3) is 5.91 Å². The van der Waals surface area contributed by atoms with E-state index in [1.54, 1.807) is 36.4 Å². The van der Waals surface area contributed by atoms with Crippen LogP contribution in [-0.2, 0) is 4.79 Å². The minimum Gasteiger partial charge on any atom is -0.481 e. The molecule has 1 aromatic heterocycles. The van der Waals surface area contributed by atoms with Crippen LogP contribution in [0.1, 0.15) is 29.6 Å². The maximum Gasteiger partial charge on any atom is 0.311 e. The quantitative estimate of drug-likeness (QED) is 0.838. The molecule has 1 aliphatic heterocycles. The number of anilines is 2. The lowest BCUT2D eigenvalue weighted by molar-refractivity contribution is -0.149. The van der Waals surface area contributed by atoms with Crippen molar-refractivity contribution in [2.75, 3.05) is 23.3 Å². The van der Waals surface area contributed by atoms with E-state index in [-0.39, 0.29) is 11.8 Å². The second kappa shape index (κ2) is 6.85. The second-order valence-electron chi connectivity index (χ2n) is 7.30. The number of carboxylic acids is 1. The van der Waals surface area contributed by atoms with E-state index < -0.39 is 11.4 Å². The van der Waals surface area contributed by atoms with Gasteiger partial charge >= 0.3 is 5.97 Å². The molecule has 2 N–H and O–H groups in total. The minimum atomic E-state index is -0.704. The van der Waals surface area contributed by atoms with Gasteiger partial charge in [-0.05, 0) is 49.1 Å². The molecule has 1 saturated carbocycles. The number of pyridine rings is 1. The van der Waals surface area contributed by atoms with Crippen LogP contribution in [0.5, 0.6) is 0 Å². The number of carbonyl (C=O) groups is 2. The first-order chi connectivity index (χ1) is 13.0. The third-order valence-electron chi connectivity index (χ3n) is 5.71. The van der Waals surface area contributed by atoms with Crippen LogP contribution in [0, 0.1) is 11.3 Å². The number of hydrogen-bond acceptors (Lipinski definition) is 4. The maximum atomic E-state index is 12.4. The molecule has 1 amide bonds. The first kappa shape index (κ1) is 17.8. The molecule has 1 aromatic carbocycles. The summed E-state index contributed by atoms with van der Waals surface area (Å²) in [7, 11) is 0. The van der Waals surface area contributed by atoms with Crippen LogP contribution in [-0.4, -0.2) is 35.1 Å². The molecule has 27 heavy (non-hydrogen) atoms. The Hall–Kier alpha value is -2.60. The summed E-state index contributed by atoms with van der Waals surface area (Å²) in [4.78, 5) is 30.6. The van der Waals surface area contributed by atoms with E-state index >= 15 is 0 Å². The maximum absolute atomic E-state index is 12.4. The Labute approximate surface area is 162 Å². The largest absolute Gasteiger partial charge is 0.481 e. The molecule has 7 heteroatoms. The number of carboxylic acid groups (broad SMARTS) is 1. The Kier molecular flexibility index (Phi) is 4.52. The molecule has 2 aromatic rings. The fourth-order valence-corrected chi connectivity index (χ4v) is 4.48. The number of nitrogens with one attached hydrogen (secondary N) is 1. The van der Waals surface area contributed by atoms with Crippen LogP contribution >= 0.6 is 11.6 Å². The lowest BCUT2D eigenvalue weighted by Crippen LogP contribution is -2.35. The molecule has 4 rings (SSSR count). The topological polar surface area (TPSA) is 82.5 Å². The standard InChI is InChI=1S/C20H20ClN3O3/c21-15-4-1-5-16(9-15)23-18(25)13-6-7-17(22-10-13)24-11-14-3-2-8-20(14,12-24)19(26)27/h1,4-7,9-10,14H,2-3,8,11-12H2,(H,23,25)(H,26,27)/t14-,20+/m0/s1. The van der Waals surface area contributed by atoms with Gasteiger partial charge in [0.15, 0.2) is 0 Å². The van der Waals surface area contributed by atoms with Gasteiger partial charge in [-0.1, -0.05) is 24.1 Å². The number of nitrogens with zero attached hydrogens (tertiary/aromatic N) is 2. The number of amides is 1. The summed E-state index contributed by atoms with van der Waals surface area (Å²) < 4.78 is 0. The van der Waals surface area contributed by atoms with E-state index in [0.717, 1.165) is 19.3 Å². The Morgan fingerprint density at radius 1 is 1.30 bits per heavy atom. The molecule has 140 valence electrons. The van der Waals surface area contributed by atoms with Crippen molar-refractivity contribution in [3.63, 3.8) is 0 Å². The van der Waals surface area contributed by atoms with Gasteiger partial charge in [-0.15, -0.1) is 0 Å². The lowest BCUT2D eigenvalue weighted by Gasteiger charge is -2.23. The number of halogens is 1. The molecule has 0 unspecified atom stereocenters. The molecule has 2 fully saturated rings. The number of benzene rings is 1. The van der Waals surface area contributed by atoms with Gasteiger partial charge in [0.05, 0.1) is 11.0 Å². The summed E-state index contributed by atoms with van der Waals surface area (Å²) in [5.41, 5.74) is 0.406. The Bertz CT molecular complexity index is 886. The monoisotopic (exact) mass is 385 g/mol. The SMILES string of the molecule is O=C(Nc1cccc(Cl)c1)c1ccc(N2C[C@@H]3CCC[C@@]3(C(=O)O)C2)nc1. The van der Waals surface area contributed by atoms with Crippen LogP contribution < -0.4 is 10.2 Å². The summed E-state index contributed by atoms with van der Waals surface area (Å²) in [5, 5.41) is 13.0. The summed E-state index contributed by atoms with van der Waals surface area (Å²) in [5.74, 6) is -0.0893. The molecule has 2 aliphatic rings. The van der Waals surface area contributed by atoms with Gasteiger partial charge in [-0.2, -0.15) is 0 Å². The van der Waals surface area contributed by atoms with Gasteiger partial charge in [0.1, 0.15) is 5.82 Å². The highest BCUT2D eigenvalue weighted by Gasteiger charge is 2.55. The molecular formula is C20H20ClN3O3. The summed E-state index contributed by atoms with van der Waals surface area (Å²) in [6.07, 6.45) is 4.17. The van der Waals surface area contributed by atoms with E-state index in [1.807, 2.05) is 4.90 Å². The molecule has 0 radical (unpaired) electrons. The first-order valence-corrected chi connectivity index (χ1v) is 9.37. The molecule has 2 atom stereocenters. The molecule has 2 heterocycles. The molecule has 6 nitrogen and oxygen atoms in total. The van der Waals surface area contributed by atoms with Crippen molar-refractivity contribution in [3.8, 4) is 0 Å². The number of hydrogen-bond donors (Lipinski definition) is 2. The highest BCUT2D eigenvalue weighted by atomic mass is 35.5. The van der Waals surface area contributed by atoms with E-state index in [9.17, 15) is 14.7 Å². The average molecular weight is 386 g/mol. The van der Waals surface area contributed by atoms with Crippen LogP contribution in [0.3, 0.4) is 0 Å². The van der Waals surface area contributed by atoms with Crippen molar-refractivity contribution in [1.82, 2.24) is 4.98 Å². The van der Waals surface area contributed by atoms with Crippen molar-refractivity contribution in [2.45, 2.75) is 19.3 Å². The Morgan fingerprint density at radius 3 is 2.81 bits per heavy atom. The fourth-order valence-electron chi connectivity index (χ4n) is 4.29. The number of fused-ring (bicyclic) bond motifs is 1. The zero-order chi connectivity index (χ0) is 19.0. The highest BCUT2D eigenvalue weighted by Crippen LogP contribution is 2.49. The number of carbonyl (C=O) groups excluding carboxylic acids is 1. The van der Waals surface area contributed by atoms with Gasteiger partial charge in [-0.25, -0.2) is 4.98 Å². The van der Waals surface area contributed by atoms with Gasteiger partial charge in [0.2, 0.25) is 0 Å². The number of rotatable bonds is 4. The zero-order valence-electron chi connectivity index (χ0n) is 14.7. The molecule has 1 saturated heterocycles. The Morgan fingerprint density at radius 2 is 2.15 bits per heavy atom. The Balaban J connectivity index is 1.47. The van der Waals surface area contributed by atoms with Crippen molar-refractivity contribution in [3.05, 3.63) is 53.2 Å². The first-order valence-electron chi connectivity index (χ1n) is 8.99.